The lowest BCUT2D eigenvalue weighted by Crippen LogP contribution is -1.85. The molecule has 0 fully saturated rings. The van der Waals surface area contributed by atoms with E-state index in [9.17, 15) is 0 Å². The molecule has 0 unspecified atom stereocenters. The molecule has 0 amide bonds. The van der Waals surface area contributed by atoms with E-state index in [2.05, 4.69) is 11.8 Å². The maximum absolute atomic E-state index is 5.52. The van der Waals surface area contributed by atoms with Crippen molar-refractivity contribution >= 4 is 5.69 Å². The average molecular weight is 145 g/mol. The highest BCUT2D eigenvalue weighted by Crippen LogP contribution is 2.04. The SMILES string of the molecule is CC#CCc1ccc(N)cc1. The van der Waals surface area contributed by atoms with Crippen LogP contribution >= 0.6 is 0 Å². The number of anilines is 1. The van der Waals surface area contributed by atoms with Crippen molar-refractivity contribution in [2.75, 3.05) is 5.73 Å². The summed E-state index contributed by atoms with van der Waals surface area (Å²) in [5.41, 5.74) is 7.54. The van der Waals surface area contributed by atoms with Crippen LogP contribution in [0.15, 0.2) is 24.3 Å². The number of hydrogen-bond acceptors (Lipinski definition) is 1. The van der Waals surface area contributed by atoms with Gasteiger partial charge in [-0.25, -0.2) is 0 Å². The number of rotatable bonds is 1. The van der Waals surface area contributed by atoms with Crippen molar-refractivity contribution in [2.45, 2.75) is 13.3 Å². The third-order valence-corrected chi connectivity index (χ3v) is 1.45. The molecule has 0 radical (unpaired) electrons. The van der Waals surface area contributed by atoms with Gasteiger partial charge in [0.2, 0.25) is 0 Å². The zero-order valence-electron chi connectivity index (χ0n) is 6.59. The van der Waals surface area contributed by atoms with Crippen LogP contribution in [0.1, 0.15) is 12.5 Å². The van der Waals surface area contributed by atoms with E-state index in [1.165, 1.54) is 5.56 Å². The Hall–Kier alpha value is -1.42. The van der Waals surface area contributed by atoms with Crippen LogP contribution in [0.5, 0.6) is 0 Å². The van der Waals surface area contributed by atoms with Gasteiger partial charge in [0.15, 0.2) is 0 Å². The summed E-state index contributed by atoms with van der Waals surface area (Å²) >= 11 is 0. The summed E-state index contributed by atoms with van der Waals surface area (Å²) in [5, 5.41) is 0. The first-order valence-electron chi connectivity index (χ1n) is 3.57. The van der Waals surface area contributed by atoms with E-state index in [4.69, 9.17) is 5.73 Å². The zero-order chi connectivity index (χ0) is 8.10. The Balaban J connectivity index is 2.71. The first-order valence-corrected chi connectivity index (χ1v) is 3.57. The molecule has 0 aromatic heterocycles. The molecular formula is C10H11N. The maximum atomic E-state index is 5.52. The first-order chi connectivity index (χ1) is 5.33. The highest BCUT2D eigenvalue weighted by molar-refractivity contribution is 5.40. The second-order valence-corrected chi connectivity index (χ2v) is 2.35. The van der Waals surface area contributed by atoms with Crippen LogP contribution in [0.4, 0.5) is 5.69 Å². The highest BCUT2D eigenvalue weighted by Gasteiger charge is 1.87. The molecule has 0 heterocycles. The van der Waals surface area contributed by atoms with Gasteiger partial charge in [-0.05, 0) is 24.6 Å². The van der Waals surface area contributed by atoms with Crippen molar-refractivity contribution in [2.24, 2.45) is 0 Å². The third kappa shape index (κ3) is 2.35. The molecule has 0 spiro atoms. The fourth-order valence-corrected chi connectivity index (χ4v) is 0.826. The Morgan fingerprint density at radius 2 is 1.91 bits per heavy atom. The number of nitrogen functional groups attached to an aromatic ring is 1. The largest absolute Gasteiger partial charge is 0.399 e. The smallest absolute Gasteiger partial charge is 0.0340 e. The molecule has 2 N–H and O–H groups in total. The van der Waals surface area contributed by atoms with Crippen molar-refractivity contribution in [3.8, 4) is 11.8 Å². The summed E-state index contributed by atoms with van der Waals surface area (Å²) in [6, 6.07) is 7.79. The van der Waals surface area contributed by atoms with Gasteiger partial charge in [-0.3, -0.25) is 0 Å². The summed E-state index contributed by atoms with van der Waals surface area (Å²) in [6.45, 7) is 1.84. The van der Waals surface area contributed by atoms with Gasteiger partial charge < -0.3 is 5.73 Å². The van der Waals surface area contributed by atoms with E-state index in [-0.39, 0.29) is 0 Å². The minimum Gasteiger partial charge on any atom is -0.399 e. The molecule has 11 heavy (non-hydrogen) atoms. The third-order valence-electron chi connectivity index (χ3n) is 1.45. The van der Waals surface area contributed by atoms with Gasteiger partial charge in [-0.2, -0.15) is 0 Å². The molecule has 56 valence electrons. The second kappa shape index (κ2) is 3.68. The number of hydrogen-bond donors (Lipinski definition) is 1. The Kier molecular flexibility index (Phi) is 2.57. The van der Waals surface area contributed by atoms with Crippen LogP contribution in [-0.4, -0.2) is 0 Å². The molecule has 0 aliphatic carbocycles. The molecule has 1 heteroatoms. The molecule has 1 rings (SSSR count). The Bertz CT molecular complexity index is 274. The minimum atomic E-state index is 0.804. The average Bonchev–Trinajstić information content (AvgIpc) is 2.04. The molecule has 0 saturated heterocycles. The second-order valence-electron chi connectivity index (χ2n) is 2.35. The lowest BCUT2D eigenvalue weighted by atomic mass is 10.1. The van der Waals surface area contributed by atoms with Crippen LogP contribution < -0.4 is 5.73 Å². The van der Waals surface area contributed by atoms with Crippen LogP contribution in [0.3, 0.4) is 0 Å². The van der Waals surface area contributed by atoms with Crippen molar-refractivity contribution < 1.29 is 0 Å². The predicted molar refractivity (Wildman–Crippen MR) is 48.0 cm³/mol. The van der Waals surface area contributed by atoms with E-state index in [0.29, 0.717) is 0 Å². The topological polar surface area (TPSA) is 26.0 Å². The van der Waals surface area contributed by atoms with Crippen molar-refractivity contribution in [1.82, 2.24) is 0 Å². The predicted octanol–water partition coefficient (Wildman–Crippen LogP) is 1.83. The molecule has 0 bridgehead atoms. The van der Waals surface area contributed by atoms with Gasteiger partial charge in [-0.1, -0.05) is 18.1 Å². The van der Waals surface area contributed by atoms with Crippen molar-refractivity contribution in [1.29, 1.82) is 0 Å². The lowest BCUT2D eigenvalue weighted by molar-refractivity contribution is 1.32. The van der Waals surface area contributed by atoms with Gasteiger partial charge in [0.05, 0.1) is 0 Å². The maximum Gasteiger partial charge on any atom is 0.0340 e. The number of benzene rings is 1. The van der Waals surface area contributed by atoms with Gasteiger partial charge in [-0.15, -0.1) is 5.92 Å². The Labute approximate surface area is 67.2 Å². The zero-order valence-corrected chi connectivity index (χ0v) is 6.59. The summed E-state index contributed by atoms with van der Waals surface area (Å²) in [4.78, 5) is 0. The van der Waals surface area contributed by atoms with Crippen molar-refractivity contribution in [3.05, 3.63) is 29.8 Å². The molecule has 1 nitrogen and oxygen atoms in total. The van der Waals surface area contributed by atoms with Gasteiger partial charge >= 0.3 is 0 Å². The highest BCUT2D eigenvalue weighted by atomic mass is 14.5. The molecule has 1 aromatic rings. The quantitative estimate of drug-likeness (QED) is 0.473. The molecule has 0 aliphatic heterocycles. The van der Waals surface area contributed by atoms with Crippen molar-refractivity contribution in [3.63, 3.8) is 0 Å². The number of nitrogens with two attached hydrogens (primary N) is 1. The van der Waals surface area contributed by atoms with E-state index in [1.54, 1.807) is 0 Å². The fourth-order valence-electron chi connectivity index (χ4n) is 0.826. The van der Waals surface area contributed by atoms with Gasteiger partial charge in [0.25, 0.3) is 0 Å². The van der Waals surface area contributed by atoms with Crippen LogP contribution in [0, 0.1) is 11.8 Å². The van der Waals surface area contributed by atoms with E-state index in [1.807, 2.05) is 31.2 Å². The Morgan fingerprint density at radius 1 is 1.27 bits per heavy atom. The van der Waals surface area contributed by atoms with E-state index >= 15 is 0 Å². The summed E-state index contributed by atoms with van der Waals surface area (Å²) in [6.07, 6.45) is 0.816. The van der Waals surface area contributed by atoms with Crippen LogP contribution in [0.2, 0.25) is 0 Å². The van der Waals surface area contributed by atoms with Gasteiger partial charge in [0.1, 0.15) is 0 Å². The lowest BCUT2D eigenvalue weighted by Gasteiger charge is -1.94. The molecular weight excluding hydrogens is 134 g/mol. The molecule has 0 atom stereocenters. The summed E-state index contributed by atoms with van der Waals surface area (Å²) in [7, 11) is 0. The molecule has 1 aromatic carbocycles. The summed E-state index contributed by atoms with van der Waals surface area (Å²) in [5.74, 6) is 5.84. The Morgan fingerprint density at radius 3 is 2.45 bits per heavy atom. The van der Waals surface area contributed by atoms with Gasteiger partial charge in [0, 0.05) is 12.1 Å². The molecule has 0 saturated carbocycles. The standard InChI is InChI=1S/C10H11N/c1-2-3-4-9-5-7-10(11)8-6-9/h5-8H,4,11H2,1H3. The first kappa shape index (κ1) is 7.68. The van der Waals surface area contributed by atoms with Crippen LogP contribution in [-0.2, 0) is 6.42 Å². The van der Waals surface area contributed by atoms with Crippen LogP contribution in [0.25, 0.3) is 0 Å². The minimum absolute atomic E-state index is 0.804. The summed E-state index contributed by atoms with van der Waals surface area (Å²) < 4.78 is 0. The van der Waals surface area contributed by atoms with E-state index in [0.717, 1.165) is 12.1 Å². The monoisotopic (exact) mass is 145 g/mol. The van der Waals surface area contributed by atoms with E-state index < -0.39 is 0 Å². The molecule has 0 aliphatic rings. The normalized spacial score (nSPS) is 8.45. The fraction of sp³-hybridized carbons (Fsp3) is 0.200.